The first-order valence-corrected chi connectivity index (χ1v) is 3.94. The molecule has 0 spiro atoms. The zero-order chi connectivity index (χ0) is 9.40. The Morgan fingerprint density at radius 2 is 2.42 bits per heavy atom. The van der Waals surface area contributed by atoms with Gasteiger partial charge in [-0.2, -0.15) is 0 Å². The van der Waals surface area contributed by atoms with Crippen molar-refractivity contribution in [3.8, 4) is 0 Å². The molecule has 0 aliphatic carbocycles. The molecule has 0 aromatic heterocycles. The minimum Gasteiger partial charge on any atom is -0.461 e. The molecule has 0 aromatic rings. The second-order valence-electron chi connectivity index (χ2n) is 1.84. The number of ether oxygens (including phenoxy) is 1. The lowest BCUT2D eigenvalue weighted by Crippen LogP contribution is -2.41. The van der Waals surface area contributed by atoms with Crippen LogP contribution in [0.2, 0.25) is 0 Å². The largest absolute Gasteiger partial charge is 0.461 e. The number of rotatable bonds is 4. The molecular weight excluding hydrogens is 176 g/mol. The first-order valence-electron chi connectivity index (χ1n) is 3.53. The molecule has 0 heterocycles. The summed E-state index contributed by atoms with van der Waals surface area (Å²) in [7, 11) is 0. The third-order valence-electron chi connectivity index (χ3n) is 0.909. The molecule has 2 N–H and O–H groups in total. The first kappa shape index (κ1) is 11.1. The van der Waals surface area contributed by atoms with E-state index in [2.05, 4.69) is 34.4 Å². The second kappa shape index (κ2) is 6.75. The van der Waals surface area contributed by atoms with Gasteiger partial charge in [-0.1, -0.05) is 18.3 Å². The second-order valence-corrected chi connectivity index (χ2v) is 2.25. The van der Waals surface area contributed by atoms with Crippen molar-refractivity contribution in [2.45, 2.75) is 6.92 Å². The van der Waals surface area contributed by atoms with E-state index in [1.165, 1.54) is 0 Å². The Labute approximate surface area is 76.9 Å². The monoisotopic (exact) mass is 188 g/mol. The van der Waals surface area contributed by atoms with Crippen molar-refractivity contribution < 1.29 is 9.53 Å². The third kappa shape index (κ3) is 4.81. The van der Waals surface area contributed by atoms with Crippen LogP contribution in [-0.2, 0) is 9.53 Å². The van der Waals surface area contributed by atoms with Crippen LogP contribution in [0.3, 0.4) is 0 Å². The van der Waals surface area contributed by atoms with Gasteiger partial charge in [-0.3, -0.25) is 0 Å². The SMILES string of the molecule is C=CCNNC(=S)C(=O)OCC. The van der Waals surface area contributed by atoms with Crippen molar-refractivity contribution in [1.82, 2.24) is 10.9 Å². The Balaban J connectivity index is 3.57. The fraction of sp³-hybridized carbons (Fsp3) is 0.429. The molecule has 4 nitrogen and oxygen atoms in total. The normalized spacial score (nSPS) is 8.75. The quantitative estimate of drug-likeness (QED) is 0.216. The third-order valence-corrected chi connectivity index (χ3v) is 1.18. The standard InChI is InChI=1S/C7H12N2O2S/c1-3-5-8-9-6(12)7(10)11-4-2/h3,8H,1,4-5H2,2H3,(H,9,12). The van der Waals surface area contributed by atoms with Gasteiger partial charge in [0.15, 0.2) is 4.99 Å². The highest BCUT2D eigenvalue weighted by molar-refractivity contribution is 7.81. The van der Waals surface area contributed by atoms with Crippen LogP contribution >= 0.6 is 12.2 Å². The molecular formula is C7H12N2O2S. The number of thiocarbonyl (C=S) groups is 1. The molecule has 0 atom stereocenters. The van der Waals surface area contributed by atoms with Gasteiger partial charge in [-0.05, 0) is 6.92 Å². The van der Waals surface area contributed by atoms with Crippen LogP contribution in [-0.4, -0.2) is 24.1 Å². The van der Waals surface area contributed by atoms with Crippen molar-refractivity contribution in [3.05, 3.63) is 12.7 Å². The molecule has 68 valence electrons. The van der Waals surface area contributed by atoms with Crippen molar-refractivity contribution in [2.75, 3.05) is 13.2 Å². The van der Waals surface area contributed by atoms with Crippen molar-refractivity contribution in [2.24, 2.45) is 0 Å². The van der Waals surface area contributed by atoms with E-state index in [4.69, 9.17) is 0 Å². The van der Waals surface area contributed by atoms with E-state index in [-0.39, 0.29) is 4.99 Å². The maximum atomic E-state index is 10.8. The van der Waals surface area contributed by atoms with Crippen LogP contribution in [0.25, 0.3) is 0 Å². The fourth-order valence-corrected chi connectivity index (χ4v) is 0.582. The minimum atomic E-state index is -0.524. The number of esters is 1. The van der Waals surface area contributed by atoms with Crippen molar-refractivity contribution in [1.29, 1.82) is 0 Å². The number of carbonyl (C=O) groups is 1. The first-order chi connectivity index (χ1) is 5.72. The summed E-state index contributed by atoms with van der Waals surface area (Å²) in [4.78, 5) is 10.9. The van der Waals surface area contributed by atoms with Gasteiger partial charge in [0.1, 0.15) is 0 Å². The highest BCUT2D eigenvalue weighted by Gasteiger charge is 2.07. The fourth-order valence-electron chi connectivity index (χ4n) is 0.451. The molecule has 0 amide bonds. The van der Waals surface area contributed by atoms with E-state index >= 15 is 0 Å². The van der Waals surface area contributed by atoms with Crippen LogP contribution in [0.4, 0.5) is 0 Å². The average Bonchev–Trinajstić information content (AvgIpc) is 2.05. The van der Waals surface area contributed by atoms with Gasteiger partial charge in [-0.25, -0.2) is 10.2 Å². The maximum absolute atomic E-state index is 10.8. The average molecular weight is 188 g/mol. The Morgan fingerprint density at radius 3 is 2.92 bits per heavy atom. The predicted octanol–water partition coefficient (Wildman–Crippen LogP) is 0.157. The van der Waals surface area contributed by atoms with Gasteiger partial charge in [0.25, 0.3) is 0 Å². The van der Waals surface area contributed by atoms with Gasteiger partial charge < -0.3 is 10.2 Å². The van der Waals surface area contributed by atoms with E-state index in [1.807, 2.05) is 0 Å². The van der Waals surface area contributed by atoms with Crippen molar-refractivity contribution in [3.63, 3.8) is 0 Å². The van der Waals surface area contributed by atoms with Gasteiger partial charge in [-0.15, -0.1) is 6.58 Å². The van der Waals surface area contributed by atoms with E-state index in [9.17, 15) is 4.79 Å². The van der Waals surface area contributed by atoms with E-state index in [0.29, 0.717) is 13.2 Å². The van der Waals surface area contributed by atoms with E-state index in [1.54, 1.807) is 13.0 Å². The molecule has 0 bridgehead atoms. The number of carbonyl (C=O) groups excluding carboxylic acids is 1. The summed E-state index contributed by atoms with van der Waals surface area (Å²) in [6.07, 6.45) is 1.64. The number of hydrazine groups is 1. The zero-order valence-corrected chi connectivity index (χ0v) is 7.74. The molecule has 12 heavy (non-hydrogen) atoms. The van der Waals surface area contributed by atoms with Crippen LogP contribution < -0.4 is 10.9 Å². The molecule has 0 saturated carbocycles. The molecule has 0 saturated heterocycles. The smallest absolute Gasteiger partial charge is 0.367 e. The zero-order valence-electron chi connectivity index (χ0n) is 6.92. The van der Waals surface area contributed by atoms with Gasteiger partial charge in [0.05, 0.1) is 6.61 Å². The van der Waals surface area contributed by atoms with Crippen LogP contribution in [0.5, 0.6) is 0 Å². The molecule has 0 unspecified atom stereocenters. The number of hydrogen-bond acceptors (Lipinski definition) is 4. The molecule has 0 rings (SSSR count). The van der Waals surface area contributed by atoms with Gasteiger partial charge in [0, 0.05) is 6.54 Å². The lowest BCUT2D eigenvalue weighted by Gasteiger charge is -2.05. The lowest BCUT2D eigenvalue weighted by molar-refractivity contribution is -0.135. The highest BCUT2D eigenvalue weighted by Crippen LogP contribution is 1.79. The Morgan fingerprint density at radius 1 is 1.75 bits per heavy atom. The Kier molecular flexibility index (Phi) is 6.22. The minimum absolute atomic E-state index is 0.0266. The Bertz CT molecular complexity index is 182. The van der Waals surface area contributed by atoms with Gasteiger partial charge in [0.2, 0.25) is 0 Å². The molecule has 0 aliphatic heterocycles. The molecule has 0 aromatic carbocycles. The van der Waals surface area contributed by atoms with Crippen LogP contribution in [0.15, 0.2) is 12.7 Å². The topological polar surface area (TPSA) is 50.4 Å². The summed E-state index contributed by atoms with van der Waals surface area (Å²) < 4.78 is 4.63. The highest BCUT2D eigenvalue weighted by atomic mass is 32.1. The maximum Gasteiger partial charge on any atom is 0.367 e. The van der Waals surface area contributed by atoms with Crippen LogP contribution in [0.1, 0.15) is 6.92 Å². The summed E-state index contributed by atoms with van der Waals surface area (Å²) in [5, 5.41) is 0. The lowest BCUT2D eigenvalue weighted by atomic mass is 10.6. The predicted molar refractivity (Wildman–Crippen MR) is 50.6 cm³/mol. The van der Waals surface area contributed by atoms with Crippen LogP contribution in [0, 0.1) is 0 Å². The molecule has 0 aliphatic rings. The molecule has 0 fully saturated rings. The molecule has 5 heteroatoms. The van der Waals surface area contributed by atoms with Gasteiger partial charge >= 0.3 is 5.97 Å². The summed E-state index contributed by atoms with van der Waals surface area (Å²) >= 11 is 4.67. The van der Waals surface area contributed by atoms with E-state index < -0.39 is 5.97 Å². The number of nitrogens with one attached hydrogen (secondary N) is 2. The van der Waals surface area contributed by atoms with E-state index in [0.717, 1.165) is 0 Å². The summed E-state index contributed by atoms with van der Waals surface area (Å²) in [5.74, 6) is -0.524. The summed E-state index contributed by atoms with van der Waals surface area (Å²) in [5.41, 5.74) is 5.17. The molecule has 0 radical (unpaired) electrons. The summed E-state index contributed by atoms with van der Waals surface area (Å²) in [6.45, 7) is 6.05. The summed E-state index contributed by atoms with van der Waals surface area (Å²) in [6, 6.07) is 0. The Hall–Kier alpha value is -0.940. The number of hydrogen-bond donors (Lipinski definition) is 2. The van der Waals surface area contributed by atoms with Crippen molar-refractivity contribution >= 4 is 23.2 Å².